The van der Waals surface area contributed by atoms with Gasteiger partial charge in [-0.25, -0.2) is 4.79 Å². The van der Waals surface area contributed by atoms with Gasteiger partial charge in [0.2, 0.25) is 0 Å². The van der Waals surface area contributed by atoms with Crippen LogP contribution < -0.4 is 0 Å². The number of likely N-dealkylation sites (N-methyl/N-ethyl adjacent to an activating group) is 2. The predicted octanol–water partition coefficient (Wildman–Crippen LogP) is 6.45. The van der Waals surface area contributed by atoms with Crippen molar-refractivity contribution in [2.45, 2.75) is 64.5 Å². The van der Waals surface area contributed by atoms with Gasteiger partial charge in [0.05, 0.1) is 23.6 Å². The molecular formula is C47H52N4O9S2. The van der Waals surface area contributed by atoms with E-state index in [1.807, 2.05) is 48.6 Å². The van der Waals surface area contributed by atoms with Crippen LogP contribution in [0.5, 0.6) is 0 Å². The second-order valence-electron chi connectivity index (χ2n) is 16.5. The molecule has 326 valence electrons. The monoisotopic (exact) mass is 880 g/mol. The van der Waals surface area contributed by atoms with Crippen molar-refractivity contribution in [3.05, 3.63) is 153 Å². The molecule has 0 aromatic heterocycles. The Morgan fingerprint density at radius 3 is 1.44 bits per heavy atom. The molecule has 3 heterocycles. The third-order valence-electron chi connectivity index (χ3n) is 12.9. The van der Waals surface area contributed by atoms with Crippen LogP contribution in [0, 0.1) is 11.8 Å². The van der Waals surface area contributed by atoms with Gasteiger partial charge in [-0.1, -0.05) is 85.1 Å². The lowest BCUT2D eigenvalue weighted by Crippen LogP contribution is -2.56. The van der Waals surface area contributed by atoms with Crippen LogP contribution in [0.15, 0.2) is 153 Å². The van der Waals surface area contributed by atoms with Crippen molar-refractivity contribution >= 4 is 38.1 Å². The molecule has 0 spiro atoms. The van der Waals surface area contributed by atoms with Gasteiger partial charge in [0.25, 0.3) is 32.1 Å². The van der Waals surface area contributed by atoms with Crippen molar-refractivity contribution in [3.63, 3.8) is 0 Å². The van der Waals surface area contributed by atoms with E-state index in [0.29, 0.717) is 57.2 Å². The Morgan fingerprint density at radius 1 is 0.597 bits per heavy atom. The van der Waals surface area contributed by atoms with E-state index in [9.17, 15) is 40.3 Å². The van der Waals surface area contributed by atoms with Crippen LogP contribution in [0.1, 0.15) is 52.4 Å². The summed E-state index contributed by atoms with van der Waals surface area (Å²) in [6, 6.07) is -0.657. The Morgan fingerprint density at radius 2 is 1.03 bits per heavy atom. The largest absolute Gasteiger partial charge is 0.364 e. The van der Waals surface area contributed by atoms with Gasteiger partial charge >= 0.3 is 6.03 Å². The number of rotatable bonds is 14. The van der Waals surface area contributed by atoms with E-state index in [2.05, 4.69) is 58.4 Å². The summed E-state index contributed by atoms with van der Waals surface area (Å²) in [6.07, 6.45) is 35.7. The van der Waals surface area contributed by atoms with Gasteiger partial charge in [-0.2, -0.15) is 16.8 Å². The smallest absolute Gasteiger partial charge is 0.333 e. The fourth-order valence-electron chi connectivity index (χ4n) is 10.1. The second kappa shape index (κ2) is 17.4. The standard InChI is InChI=1S/C47H52N4O9S2/c1-3-48-45(52)44(46(53)49(4-2)47(48)54)41-33(23-25-37-35-17-9-13-31-15-11-19-39(42(31)35)50(37)27-5-7-29-61(55,56)57)21-22-34(41)24-26-38-36-18-10-14-32-16-12-20-40(43(32)36)51(38)28-6-8-30-62(58,59)60/h9-20,23-26,39-40,42-43H,3-8,21-22,27-30H2,1-2H3,(H,55,56,57)(H,58,59,60)/b33-23+,34-24+,37-25+,38-26+. The van der Waals surface area contributed by atoms with Crippen LogP contribution >= 0.6 is 0 Å². The minimum Gasteiger partial charge on any atom is -0.364 e. The van der Waals surface area contributed by atoms with Crippen LogP contribution in [0.25, 0.3) is 0 Å². The maximum atomic E-state index is 14.3. The Kier molecular flexibility index (Phi) is 12.2. The second-order valence-corrected chi connectivity index (χ2v) is 19.6. The molecule has 3 saturated heterocycles. The summed E-state index contributed by atoms with van der Waals surface area (Å²) in [4.78, 5) is 48.8. The van der Waals surface area contributed by atoms with Gasteiger partial charge in [-0.3, -0.25) is 28.5 Å². The molecule has 1 saturated carbocycles. The molecular weight excluding hydrogens is 829 g/mol. The summed E-state index contributed by atoms with van der Waals surface area (Å²) in [5.74, 6) is -1.78. The predicted molar refractivity (Wildman–Crippen MR) is 237 cm³/mol. The molecule has 8 rings (SSSR count). The van der Waals surface area contributed by atoms with Crippen molar-refractivity contribution in [1.82, 2.24) is 19.6 Å². The first kappa shape index (κ1) is 43.3. The molecule has 8 aliphatic rings. The molecule has 4 fully saturated rings. The number of hydrogen-bond donors (Lipinski definition) is 2. The molecule has 4 atom stereocenters. The first-order valence-electron chi connectivity index (χ1n) is 21.4. The van der Waals surface area contributed by atoms with Gasteiger partial charge < -0.3 is 9.80 Å². The highest BCUT2D eigenvalue weighted by Gasteiger charge is 2.46. The summed E-state index contributed by atoms with van der Waals surface area (Å²) >= 11 is 0. The van der Waals surface area contributed by atoms with Gasteiger partial charge in [0, 0.05) is 49.4 Å². The topological polar surface area (TPSA) is 173 Å². The van der Waals surface area contributed by atoms with Crippen LogP contribution in [0.2, 0.25) is 0 Å². The molecule has 62 heavy (non-hydrogen) atoms. The fourth-order valence-corrected chi connectivity index (χ4v) is 11.3. The lowest BCUT2D eigenvalue weighted by Gasteiger charge is -2.33. The highest BCUT2D eigenvalue weighted by molar-refractivity contribution is 7.86. The summed E-state index contributed by atoms with van der Waals surface area (Å²) in [7, 11) is -8.20. The highest BCUT2D eigenvalue weighted by Crippen LogP contribution is 2.49. The Balaban J connectivity index is 1.22. The molecule has 0 aromatic carbocycles. The molecule has 2 N–H and O–H groups in total. The molecule has 5 aliphatic carbocycles. The number of carbonyl (C=O) groups is 3. The zero-order valence-electron chi connectivity index (χ0n) is 34.9. The maximum Gasteiger partial charge on any atom is 0.333 e. The number of imide groups is 2. The lowest BCUT2D eigenvalue weighted by molar-refractivity contribution is -0.135. The number of barbiturate groups is 1. The van der Waals surface area contributed by atoms with Crippen molar-refractivity contribution in [2.75, 3.05) is 37.7 Å². The van der Waals surface area contributed by atoms with Gasteiger partial charge in [0.1, 0.15) is 5.57 Å². The third kappa shape index (κ3) is 8.30. The molecule has 0 aromatic rings. The van der Waals surface area contributed by atoms with Gasteiger partial charge in [0.15, 0.2) is 0 Å². The number of hydrogen-bond acceptors (Lipinski definition) is 9. The molecule has 3 aliphatic heterocycles. The van der Waals surface area contributed by atoms with Gasteiger partial charge in [-0.05, 0) is 104 Å². The summed E-state index contributed by atoms with van der Waals surface area (Å²) in [6.45, 7) is 4.67. The van der Waals surface area contributed by atoms with Crippen LogP contribution in [-0.2, 0) is 29.8 Å². The fraction of sp³-hybridized carbons (Fsp3) is 0.383. The molecule has 0 bridgehead atoms. The minimum atomic E-state index is -4.10. The Bertz CT molecular complexity index is 2440. The third-order valence-corrected chi connectivity index (χ3v) is 14.5. The molecule has 4 amide bonds. The maximum absolute atomic E-state index is 14.3. The van der Waals surface area contributed by atoms with E-state index in [-0.39, 0.29) is 54.1 Å². The minimum absolute atomic E-state index is 0.00552. The first-order valence-corrected chi connectivity index (χ1v) is 24.6. The average molecular weight is 881 g/mol. The van der Waals surface area contributed by atoms with Crippen LogP contribution in [-0.4, -0.2) is 113 Å². The number of amides is 4. The number of unbranched alkanes of at least 4 members (excludes halogenated alkanes) is 2. The van der Waals surface area contributed by atoms with E-state index >= 15 is 0 Å². The van der Waals surface area contributed by atoms with Crippen molar-refractivity contribution < 1.29 is 40.3 Å². The molecule has 13 nitrogen and oxygen atoms in total. The average Bonchev–Trinajstić information content (AvgIpc) is 3.87. The van der Waals surface area contributed by atoms with Gasteiger partial charge in [-0.15, -0.1) is 0 Å². The Hall–Kier alpha value is -5.35. The normalized spacial score (nSPS) is 28.0. The van der Waals surface area contributed by atoms with E-state index in [4.69, 9.17) is 0 Å². The van der Waals surface area contributed by atoms with Crippen molar-refractivity contribution in [3.8, 4) is 0 Å². The molecule has 15 heteroatoms. The number of carbonyl (C=O) groups excluding carboxylic acids is 3. The zero-order chi connectivity index (χ0) is 43.9. The van der Waals surface area contributed by atoms with Crippen molar-refractivity contribution in [1.29, 1.82) is 0 Å². The first-order chi connectivity index (χ1) is 29.7. The SMILES string of the molecule is CCN1C(=O)C(=C2/C(=C/C=C3\C4=CC=CC5=CC=CC(C54)N3CCCCS(=O)(=O)O)CC/C2=C\C=C2/C3=CC=CC4=CC=CC(C43)N2CCCCS(=O)(=O)O)C(=O)N(CC)C1=O. The number of likely N-dealkylation sites (tertiary alicyclic amines) is 2. The van der Waals surface area contributed by atoms with Crippen LogP contribution in [0.4, 0.5) is 4.79 Å². The molecule has 4 unspecified atom stereocenters. The molecule has 0 radical (unpaired) electrons. The highest BCUT2D eigenvalue weighted by atomic mass is 32.2. The quantitative estimate of drug-likeness (QED) is 0.0850. The Labute approximate surface area is 363 Å². The number of allylic oxidation sites excluding steroid dienone is 19. The zero-order valence-corrected chi connectivity index (χ0v) is 36.5. The van der Waals surface area contributed by atoms with E-state index in [0.717, 1.165) is 43.5 Å². The summed E-state index contributed by atoms with van der Waals surface area (Å²) in [5.41, 5.74) is 8.43. The lowest BCUT2D eigenvalue weighted by atomic mass is 9.81. The van der Waals surface area contributed by atoms with E-state index < -0.39 is 38.1 Å². The number of nitrogens with zero attached hydrogens (tertiary/aromatic N) is 4. The van der Waals surface area contributed by atoms with E-state index in [1.165, 1.54) is 11.1 Å². The number of urea groups is 1. The summed E-state index contributed by atoms with van der Waals surface area (Å²) < 4.78 is 65.0. The van der Waals surface area contributed by atoms with E-state index in [1.54, 1.807) is 13.8 Å². The summed E-state index contributed by atoms with van der Waals surface area (Å²) in [5, 5.41) is 0. The van der Waals surface area contributed by atoms with Crippen LogP contribution in [0.3, 0.4) is 0 Å². The van der Waals surface area contributed by atoms with Crippen molar-refractivity contribution in [2.24, 2.45) is 11.8 Å².